The summed E-state index contributed by atoms with van der Waals surface area (Å²) < 4.78 is 6.04. The van der Waals surface area contributed by atoms with Gasteiger partial charge in [0.2, 0.25) is 0 Å². The van der Waals surface area contributed by atoms with Crippen LogP contribution in [0.1, 0.15) is 121 Å². The summed E-state index contributed by atoms with van der Waals surface area (Å²) in [5.41, 5.74) is 2.81. The van der Waals surface area contributed by atoms with Gasteiger partial charge in [-0.1, -0.05) is 109 Å². The Bertz CT molecular complexity index is 527. The van der Waals surface area contributed by atoms with E-state index in [1.165, 1.54) is 114 Å². The van der Waals surface area contributed by atoms with Crippen molar-refractivity contribution in [3.05, 3.63) is 29.3 Å². The normalized spacial score (nSPS) is 19.4. The van der Waals surface area contributed by atoms with E-state index in [1.807, 2.05) is 0 Å². The van der Waals surface area contributed by atoms with Crippen molar-refractivity contribution >= 4 is 0 Å². The highest BCUT2D eigenvalue weighted by atomic mass is 16.5. The molecule has 1 heteroatoms. The molecule has 0 aliphatic heterocycles. The molecule has 1 aliphatic rings. The predicted octanol–water partition coefficient (Wildman–Crippen LogP) is 9.05. The zero-order valence-corrected chi connectivity index (χ0v) is 19.8. The summed E-state index contributed by atoms with van der Waals surface area (Å²) in [5.74, 6) is 3.08. The number of hydrogen-bond acceptors (Lipinski definition) is 1. The molecule has 0 saturated heterocycles. The maximum Gasteiger partial charge on any atom is 0.122 e. The highest BCUT2D eigenvalue weighted by Crippen LogP contribution is 2.34. The Hall–Kier alpha value is -0.980. The molecule has 0 aromatic heterocycles. The molecule has 0 heterocycles. The summed E-state index contributed by atoms with van der Waals surface area (Å²) >= 11 is 0. The molecule has 1 aromatic rings. The third-order valence-electron chi connectivity index (χ3n) is 7.02. The molecule has 0 amide bonds. The lowest BCUT2D eigenvalue weighted by Crippen LogP contribution is -2.15. The number of hydrogen-bond donors (Lipinski definition) is 0. The molecule has 166 valence electrons. The van der Waals surface area contributed by atoms with Crippen molar-refractivity contribution in [2.24, 2.45) is 11.8 Å². The molecule has 29 heavy (non-hydrogen) atoms. The molecule has 1 fully saturated rings. The molecule has 0 atom stereocenters. The average Bonchev–Trinajstić information content (AvgIpc) is 2.74. The van der Waals surface area contributed by atoms with Crippen LogP contribution >= 0.6 is 0 Å². The van der Waals surface area contributed by atoms with Gasteiger partial charge in [0.1, 0.15) is 5.75 Å². The smallest absolute Gasteiger partial charge is 0.122 e. The van der Waals surface area contributed by atoms with Gasteiger partial charge in [-0.3, -0.25) is 0 Å². The van der Waals surface area contributed by atoms with Crippen LogP contribution in [0.25, 0.3) is 0 Å². The molecule has 0 unspecified atom stereocenters. The van der Waals surface area contributed by atoms with E-state index < -0.39 is 0 Å². The van der Waals surface area contributed by atoms with E-state index in [4.69, 9.17) is 4.74 Å². The number of unbranched alkanes of at least 4 members (excludes halogenated alkanes) is 7. The first kappa shape index (κ1) is 24.3. The lowest BCUT2D eigenvalue weighted by Gasteiger charge is -2.28. The third-order valence-corrected chi connectivity index (χ3v) is 7.02. The molecule has 1 aromatic carbocycles. The van der Waals surface area contributed by atoms with Gasteiger partial charge in [0.15, 0.2) is 0 Å². The first-order valence-corrected chi connectivity index (χ1v) is 12.9. The van der Waals surface area contributed by atoms with Crippen LogP contribution in [0.5, 0.6) is 5.75 Å². The highest BCUT2D eigenvalue weighted by Gasteiger charge is 2.20. The maximum atomic E-state index is 6.04. The van der Waals surface area contributed by atoms with Crippen LogP contribution in [0.2, 0.25) is 0 Å². The van der Waals surface area contributed by atoms with E-state index in [9.17, 15) is 0 Å². The van der Waals surface area contributed by atoms with E-state index >= 15 is 0 Å². The lowest BCUT2D eigenvalue weighted by atomic mass is 9.78. The predicted molar refractivity (Wildman–Crippen MR) is 128 cm³/mol. The molecule has 2 rings (SSSR count). The van der Waals surface area contributed by atoms with Crippen molar-refractivity contribution in [2.75, 3.05) is 6.61 Å². The Morgan fingerprint density at radius 1 is 0.759 bits per heavy atom. The van der Waals surface area contributed by atoms with Gasteiger partial charge in [-0.25, -0.2) is 0 Å². The summed E-state index contributed by atoms with van der Waals surface area (Å²) in [6.07, 6.45) is 22.2. The zero-order valence-electron chi connectivity index (χ0n) is 19.8. The van der Waals surface area contributed by atoms with Crippen molar-refractivity contribution in [1.29, 1.82) is 0 Å². The summed E-state index contributed by atoms with van der Waals surface area (Å²) in [4.78, 5) is 0. The summed E-state index contributed by atoms with van der Waals surface area (Å²) in [5, 5.41) is 0. The van der Waals surface area contributed by atoms with E-state index in [1.54, 1.807) is 0 Å². The van der Waals surface area contributed by atoms with Crippen LogP contribution in [0.4, 0.5) is 0 Å². The Labute approximate surface area is 182 Å². The van der Waals surface area contributed by atoms with E-state index in [2.05, 4.69) is 39.0 Å². The number of aryl methyl sites for hydroxylation is 2. The molecule has 1 aliphatic carbocycles. The fourth-order valence-electron chi connectivity index (χ4n) is 4.96. The second kappa shape index (κ2) is 14.9. The molecule has 1 saturated carbocycles. The van der Waals surface area contributed by atoms with Gasteiger partial charge in [-0.2, -0.15) is 0 Å². The van der Waals surface area contributed by atoms with Crippen LogP contribution < -0.4 is 4.74 Å². The van der Waals surface area contributed by atoms with Gasteiger partial charge in [0.05, 0.1) is 6.61 Å². The van der Waals surface area contributed by atoms with Crippen molar-refractivity contribution in [3.63, 3.8) is 0 Å². The van der Waals surface area contributed by atoms with Crippen molar-refractivity contribution in [1.82, 2.24) is 0 Å². The van der Waals surface area contributed by atoms with Gasteiger partial charge in [0, 0.05) is 0 Å². The molecule has 0 bridgehead atoms. The standard InChI is InChI=1S/C28H48O/c1-4-6-8-9-10-12-22-29-28-21-20-27(23-24(28)3)19-18-26-16-14-25(15-17-26)13-11-7-5-2/h20-21,23,25-26H,4-19,22H2,1-3H3/t25-,26-. The van der Waals surface area contributed by atoms with E-state index in [0.29, 0.717) is 0 Å². The third kappa shape index (κ3) is 10.1. The molecule has 1 nitrogen and oxygen atoms in total. The highest BCUT2D eigenvalue weighted by molar-refractivity contribution is 5.36. The van der Waals surface area contributed by atoms with Crippen LogP contribution in [0, 0.1) is 18.8 Å². The van der Waals surface area contributed by atoms with Crippen molar-refractivity contribution in [3.8, 4) is 5.75 Å². The summed E-state index contributed by atoms with van der Waals surface area (Å²) in [6, 6.07) is 6.89. The minimum Gasteiger partial charge on any atom is -0.493 e. The van der Waals surface area contributed by atoms with Crippen molar-refractivity contribution < 1.29 is 4.74 Å². The van der Waals surface area contributed by atoms with Gasteiger partial charge in [-0.15, -0.1) is 0 Å². The van der Waals surface area contributed by atoms with Gasteiger partial charge in [-0.05, 0) is 55.2 Å². The number of benzene rings is 1. The summed E-state index contributed by atoms with van der Waals surface area (Å²) in [6.45, 7) is 7.66. The second-order valence-electron chi connectivity index (χ2n) is 9.64. The van der Waals surface area contributed by atoms with E-state index in [-0.39, 0.29) is 0 Å². The minimum absolute atomic E-state index is 0.869. The minimum atomic E-state index is 0.869. The van der Waals surface area contributed by atoms with Gasteiger partial charge < -0.3 is 4.74 Å². The Kier molecular flexibility index (Phi) is 12.5. The van der Waals surface area contributed by atoms with Crippen LogP contribution in [0.15, 0.2) is 18.2 Å². The molecular weight excluding hydrogens is 352 g/mol. The number of ether oxygens (including phenoxy) is 1. The lowest BCUT2D eigenvalue weighted by molar-refractivity contribution is 0.249. The van der Waals surface area contributed by atoms with Crippen LogP contribution in [-0.2, 0) is 6.42 Å². The molecule has 0 N–H and O–H groups in total. The fraction of sp³-hybridized carbons (Fsp3) is 0.786. The molecular formula is C28H48O. The zero-order chi connectivity index (χ0) is 20.7. The Morgan fingerprint density at radius 2 is 1.38 bits per heavy atom. The SMILES string of the molecule is CCCCCCCCOc1ccc(CC[C@H]2CC[C@H](CCCCC)CC2)cc1C. The second-order valence-corrected chi connectivity index (χ2v) is 9.64. The largest absolute Gasteiger partial charge is 0.493 e. The molecule has 0 radical (unpaired) electrons. The summed E-state index contributed by atoms with van der Waals surface area (Å²) in [7, 11) is 0. The number of rotatable bonds is 15. The first-order chi connectivity index (χ1) is 14.2. The van der Waals surface area contributed by atoms with Crippen LogP contribution in [0.3, 0.4) is 0 Å². The maximum absolute atomic E-state index is 6.04. The monoisotopic (exact) mass is 400 g/mol. The quantitative estimate of drug-likeness (QED) is 0.267. The van der Waals surface area contributed by atoms with E-state index in [0.717, 1.165) is 24.2 Å². The van der Waals surface area contributed by atoms with Gasteiger partial charge in [0.25, 0.3) is 0 Å². The van der Waals surface area contributed by atoms with Gasteiger partial charge >= 0.3 is 0 Å². The van der Waals surface area contributed by atoms with Crippen LogP contribution in [-0.4, -0.2) is 6.61 Å². The Balaban J connectivity index is 1.61. The topological polar surface area (TPSA) is 9.23 Å². The molecule has 0 spiro atoms. The van der Waals surface area contributed by atoms with Crippen molar-refractivity contribution in [2.45, 2.75) is 124 Å². The average molecular weight is 401 g/mol. The Morgan fingerprint density at radius 3 is 2.07 bits per heavy atom. The fourth-order valence-corrected chi connectivity index (χ4v) is 4.96. The first-order valence-electron chi connectivity index (χ1n) is 12.9.